The van der Waals surface area contributed by atoms with Gasteiger partial charge in [-0.15, -0.1) is 0 Å². The molecular formula is C17H15IN2O. The van der Waals surface area contributed by atoms with Crippen molar-refractivity contribution in [2.75, 3.05) is 18.5 Å². The van der Waals surface area contributed by atoms with Crippen LogP contribution in [0, 0.1) is 0 Å². The van der Waals surface area contributed by atoms with Crippen LogP contribution in [0.5, 0.6) is 0 Å². The summed E-state index contributed by atoms with van der Waals surface area (Å²) < 4.78 is 0.935. The first-order chi connectivity index (χ1) is 10.2. The highest BCUT2D eigenvalue weighted by atomic mass is 127. The van der Waals surface area contributed by atoms with E-state index in [1.807, 2.05) is 43.4 Å². The summed E-state index contributed by atoms with van der Waals surface area (Å²) >= 11 is 2.35. The van der Waals surface area contributed by atoms with Gasteiger partial charge in [-0.2, -0.15) is 0 Å². The Hall–Kier alpha value is -1.69. The maximum Gasteiger partial charge on any atom is 0.248 e. The summed E-state index contributed by atoms with van der Waals surface area (Å²) in [6.45, 7) is 0.189. The number of hydrogen-bond acceptors (Lipinski definition) is 2. The van der Waals surface area contributed by atoms with Crippen molar-refractivity contribution in [1.82, 2.24) is 0 Å². The Morgan fingerprint density at radius 2 is 1.95 bits per heavy atom. The summed E-state index contributed by atoms with van der Waals surface area (Å²) in [5, 5.41) is 0. The zero-order valence-corrected chi connectivity index (χ0v) is 13.9. The molecule has 106 valence electrons. The Bertz CT molecular complexity index is 710. The number of benzene rings is 2. The maximum absolute atomic E-state index is 12.1. The predicted molar refractivity (Wildman–Crippen MR) is 94.5 cm³/mol. The van der Waals surface area contributed by atoms with Crippen LogP contribution in [-0.2, 0) is 9.22 Å². The van der Waals surface area contributed by atoms with Crippen molar-refractivity contribution in [3.63, 3.8) is 0 Å². The molecule has 0 aromatic heterocycles. The molecular weight excluding hydrogens is 375 g/mol. The van der Waals surface area contributed by atoms with Gasteiger partial charge in [-0.05, 0) is 17.7 Å². The predicted octanol–water partition coefficient (Wildman–Crippen LogP) is 3.44. The SMILES string of the molecule is CN1C(=O)CN=C(c2ccccc2)c2cc(CI)ccc21. The molecule has 0 spiro atoms. The van der Waals surface area contributed by atoms with Gasteiger partial charge in [-0.3, -0.25) is 9.79 Å². The molecule has 0 unspecified atom stereocenters. The van der Waals surface area contributed by atoms with Gasteiger partial charge in [-0.25, -0.2) is 0 Å². The van der Waals surface area contributed by atoms with E-state index < -0.39 is 0 Å². The molecule has 2 aromatic carbocycles. The quantitative estimate of drug-likeness (QED) is 0.571. The fourth-order valence-corrected chi connectivity index (χ4v) is 2.94. The first-order valence-corrected chi connectivity index (χ1v) is 8.29. The standard InChI is InChI=1S/C17H15IN2O/c1-20-15-8-7-12(10-18)9-14(15)17(19-11-16(20)21)13-5-3-2-4-6-13/h2-9H,10-11H2,1H3. The molecule has 3 rings (SSSR count). The molecule has 4 heteroatoms. The summed E-state index contributed by atoms with van der Waals surface area (Å²) in [5.41, 5.74) is 5.14. The van der Waals surface area contributed by atoms with E-state index in [-0.39, 0.29) is 12.5 Å². The Morgan fingerprint density at radius 3 is 2.67 bits per heavy atom. The van der Waals surface area contributed by atoms with E-state index in [2.05, 4.69) is 39.7 Å². The minimum absolute atomic E-state index is 0.0180. The highest BCUT2D eigenvalue weighted by Crippen LogP contribution is 2.27. The topological polar surface area (TPSA) is 32.7 Å². The van der Waals surface area contributed by atoms with Gasteiger partial charge in [0.15, 0.2) is 0 Å². The van der Waals surface area contributed by atoms with Gasteiger partial charge in [0.2, 0.25) is 5.91 Å². The number of benzodiazepines with no additional fused rings is 1. The van der Waals surface area contributed by atoms with E-state index in [0.717, 1.165) is 27.0 Å². The highest BCUT2D eigenvalue weighted by molar-refractivity contribution is 14.1. The van der Waals surface area contributed by atoms with Gasteiger partial charge in [0, 0.05) is 22.6 Å². The fraction of sp³-hybridized carbons (Fsp3) is 0.176. The van der Waals surface area contributed by atoms with E-state index in [4.69, 9.17) is 0 Å². The van der Waals surface area contributed by atoms with Crippen molar-refractivity contribution in [2.45, 2.75) is 4.43 Å². The number of rotatable bonds is 2. The third-order valence-corrected chi connectivity index (χ3v) is 4.51. The van der Waals surface area contributed by atoms with Crippen LogP contribution in [-0.4, -0.2) is 25.2 Å². The molecule has 2 aromatic rings. The minimum atomic E-state index is 0.0180. The Labute approximate surface area is 137 Å². The number of amides is 1. The summed E-state index contributed by atoms with van der Waals surface area (Å²) in [6.07, 6.45) is 0. The van der Waals surface area contributed by atoms with Gasteiger partial charge in [0.1, 0.15) is 6.54 Å². The van der Waals surface area contributed by atoms with Gasteiger partial charge >= 0.3 is 0 Å². The number of fused-ring (bicyclic) bond motifs is 1. The largest absolute Gasteiger partial charge is 0.313 e. The number of aliphatic imine (C=N–C) groups is 1. The molecule has 0 atom stereocenters. The Kier molecular flexibility index (Phi) is 4.05. The van der Waals surface area contributed by atoms with Crippen LogP contribution in [0.15, 0.2) is 53.5 Å². The molecule has 0 N–H and O–H groups in total. The Morgan fingerprint density at radius 1 is 1.19 bits per heavy atom. The molecule has 21 heavy (non-hydrogen) atoms. The summed E-state index contributed by atoms with van der Waals surface area (Å²) in [7, 11) is 1.81. The normalized spacial score (nSPS) is 14.5. The maximum atomic E-state index is 12.1. The van der Waals surface area contributed by atoms with Crippen molar-refractivity contribution < 1.29 is 4.79 Å². The van der Waals surface area contributed by atoms with Crippen molar-refractivity contribution in [2.24, 2.45) is 4.99 Å². The lowest BCUT2D eigenvalue weighted by Crippen LogP contribution is -2.27. The fourth-order valence-electron chi connectivity index (χ4n) is 2.46. The molecule has 0 fully saturated rings. The van der Waals surface area contributed by atoms with E-state index >= 15 is 0 Å². The third-order valence-electron chi connectivity index (χ3n) is 3.63. The number of carbonyl (C=O) groups excluding carboxylic acids is 1. The third kappa shape index (κ3) is 2.72. The van der Waals surface area contributed by atoms with Crippen molar-refractivity contribution in [3.05, 3.63) is 65.2 Å². The lowest BCUT2D eigenvalue weighted by atomic mass is 9.98. The summed E-state index contributed by atoms with van der Waals surface area (Å²) in [6, 6.07) is 16.3. The van der Waals surface area contributed by atoms with Gasteiger partial charge in [-0.1, -0.05) is 59.0 Å². The van der Waals surface area contributed by atoms with E-state index in [1.165, 1.54) is 5.56 Å². The van der Waals surface area contributed by atoms with E-state index in [0.29, 0.717) is 0 Å². The minimum Gasteiger partial charge on any atom is -0.313 e. The molecule has 0 aliphatic carbocycles. The first kappa shape index (κ1) is 14.3. The molecule has 1 heterocycles. The van der Waals surface area contributed by atoms with Crippen LogP contribution < -0.4 is 4.90 Å². The first-order valence-electron chi connectivity index (χ1n) is 6.76. The van der Waals surface area contributed by atoms with Crippen molar-refractivity contribution in [3.8, 4) is 0 Å². The average Bonchev–Trinajstić information content (AvgIpc) is 2.66. The molecule has 0 radical (unpaired) electrons. The van der Waals surface area contributed by atoms with Crippen LogP contribution in [0.25, 0.3) is 0 Å². The molecule has 3 nitrogen and oxygen atoms in total. The van der Waals surface area contributed by atoms with Crippen LogP contribution in [0.4, 0.5) is 5.69 Å². The van der Waals surface area contributed by atoms with Crippen LogP contribution in [0.3, 0.4) is 0 Å². The number of carbonyl (C=O) groups is 1. The lowest BCUT2D eigenvalue weighted by Gasteiger charge is -2.18. The summed E-state index contributed by atoms with van der Waals surface area (Å²) in [4.78, 5) is 18.4. The van der Waals surface area contributed by atoms with Gasteiger partial charge in [0.05, 0.1) is 11.4 Å². The number of hydrogen-bond donors (Lipinski definition) is 0. The number of nitrogens with zero attached hydrogens (tertiary/aromatic N) is 2. The zero-order valence-electron chi connectivity index (χ0n) is 11.7. The molecule has 1 aliphatic rings. The number of alkyl halides is 1. The monoisotopic (exact) mass is 390 g/mol. The molecule has 0 saturated carbocycles. The van der Waals surface area contributed by atoms with Crippen LogP contribution >= 0.6 is 22.6 Å². The second-order valence-corrected chi connectivity index (χ2v) is 5.73. The molecule has 1 aliphatic heterocycles. The van der Waals surface area contributed by atoms with E-state index in [9.17, 15) is 4.79 Å². The van der Waals surface area contributed by atoms with E-state index in [1.54, 1.807) is 4.90 Å². The number of likely N-dealkylation sites (N-methyl/N-ethyl adjacent to an activating group) is 1. The van der Waals surface area contributed by atoms with Gasteiger partial charge < -0.3 is 4.90 Å². The second-order valence-electron chi connectivity index (χ2n) is 4.97. The van der Waals surface area contributed by atoms with Crippen molar-refractivity contribution in [1.29, 1.82) is 0 Å². The molecule has 0 bridgehead atoms. The second kappa shape index (κ2) is 5.97. The van der Waals surface area contributed by atoms with Gasteiger partial charge in [0.25, 0.3) is 0 Å². The van der Waals surface area contributed by atoms with Crippen LogP contribution in [0.1, 0.15) is 16.7 Å². The highest BCUT2D eigenvalue weighted by Gasteiger charge is 2.22. The lowest BCUT2D eigenvalue weighted by molar-refractivity contribution is -0.116. The Balaban J connectivity index is 2.22. The van der Waals surface area contributed by atoms with Crippen molar-refractivity contribution >= 4 is 39.9 Å². The summed E-state index contributed by atoms with van der Waals surface area (Å²) in [5.74, 6) is 0.0180. The zero-order chi connectivity index (χ0) is 14.8. The smallest absolute Gasteiger partial charge is 0.248 e. The van der Waals surface area contributed by atoms with Crippen LogP contribution in [0.2, 0.25) is 0 Å². The molecule has 1 amide bonds. The molecule has 0 saturated heterocycles. The average molecular weight is 390 g/mol. The number of halogens is 1. The number of anilines is 1.